The molecule has 0 fully saturated rings. The van der Waals surface area contributed by atoms with Crippen molar-refractivity contribution in [1.82, 2.24) is 15.8 Å². The third kappa shape index (κ3) is 8.88. The van der Waals surface area contributed by atoms with Crippen LogP contribution in [0.15, 0.2) is 33.8 Å². The molecule has 0 aliphatic heterocycles. The van der Waals surface area contributed by atoms with E-state index in [0.717, 1.165) is 53.6 Å². The van der Waals surface area contributed by atoms with Crippen LogP contribution in [-0.4, -0.2) is 23.6 Å². The molecule has 0 atom stereocenters. The van der Waals surface area contributed by atoms with Crippen molar-refractivity contribution in [1.29, 1.82) is 0 Å². The van der Waals surface area contributed by atoms with Crippen molar-refractivity contribution in [2.24, 2.45) is 10.9 Å². The Bertz CT molecular complexity index is 827. The van der Waals surface area contributed by atoms with Gasteiger partial charge in [-0.05, 0) is 37.0 Å². The van der Waals surface area contributed by atoms with E-state index in [1.807, 2.05) is 45.0 Å². The number of aliphatic imine (C=N–C) groups is 1. The molecule has 0 spiro atoms. The van der Waals surface area contributed by atoms with Crippen LogP contribution in [0.25, 0.3) is 0 Å². The lowest BCUT2D eigenvalue weighted by Crippen LogP contribution is -2.37. The van der Waals surface area contributed by atoms with Gasteiger partial charge >= 0.3 is 0 Å². The Morgan fingerprint density at radius 2 is 1.94 bits per heavy atom. The van der Waals surface area contributed by atoms with Crippen molar-refractivity contribution in [2.45, 2.75) is 67.0 Å². The Kier molecular flexibility index (Phi) is 12.2. The molecule has 172 valence electrons. The van der Waals surface area contributed by atoms with Crippen molar-refractivity contribution in [2.75, 3.05) is 11.9 Å². The van der Waals surface area contributed by atoms with Gasteiger partial charge in [-0.1, -0.05) is 45.0 Å². The van der Waals surface area contributed by atoms with Crippen molar-refractivity contribution in [3.05, 3.63) is 46.8 Å². The van der Waals surface area contributed by atoms with Crippen LogP contribution in [0, 0.1) is 5.92 Å². The molecule has 0 saturated carbocycles. The molecule has 0 saturated heterocycles. The molecular formula is C23H36IN5O2. The van der Waals surface area contributed by atoms with Gasteiger partial charge in [-0.25, -0.2) is 4.99 Å². The monoisotopic (exact) mass is 541 g/mol. The van der Waals surface area contributed by atoms with Gasteiger partial charge in [-0.2, -0.15) is 0 Å². The van der Waals surface area contributed by atoms with E-state index in [-0.39, 0.29) is 29.9 Å². The zero-order valence-corrected chi connectivity index (χ0v) is 21.6. The van der Waals surface area contributed by atoms with Crippen molar-refractivity contribution >= 4 is 41.5 Å². The van der Waals surface area contributed by atoms with Gasteiger partial charge in [-0.3, -0.25) is 4.79 Å². The molecule has 1 amide bonds. The number of aromatic nitrogens is 1. The van der Waals surface area contributed by atoms with Crippen molar-refractivity contribution < 1.29 is 9.32 Å². The van der Waals surface area contributed by atoms with Gasteiger partial charge in [0.15, 0.2) is 5.96 Å². The molecule has 2 rings (SSSR count). The second-order valence-corrected chi connectivity index (χ2v) is 7.63. The van der Waals surface area contributed by atoms with Gasteiger partial charge in [0.05, 0.1) is 12.2 Å². The second-order valence-electron chi connectivity index (χ2n) is 7.63. The first-order chi connectivity index (χ1) is 14.5. The highest BCUT2D eigenvalue weighted by Crippen LogP contribution is 2.16. The molecule has 2 aromatic rings. The topological polar surface area (TPSA) is 91.5 Å². The van der Waals surface area contributed by atoms with E-state index >= 15 is 0 Å². The zero-order valence-electron chi connectivity index (χ0n) is 19.2. The Balaban J connectivity index is 0.00000480. The highest BCUT2D eigenvalue weighted by molar-refractivity contribution is 14.0. The number of nitrogens with one attached hydrogen (secondary N) is 3. The maximum atomic E-state index is 12.0. The van der Waals surface area contributed by atoms with E-state index in [9.17, 15) is 4.79 Å². The smallest absolute Gasteiger partial charge is 0.224 e. The molecule has 7 nitrogen and oxygen atoms in total. The van der Waals surface area contributed by atoms with Crippen molar-refractivity contribution in [3.63, 3.8) is 0 Å². The summed E-state index contributed by atoms with van der Waals surface area (Å²) in [5.41, 5.74) is 3.93. The molecule has 3 N–H and O–H groups in total. The number of benzene rings is 1. The Hall–Kier alpha value is -2.10. The fourth-order valence-corrected chi connectivity index (χ4v) is 3.15. The summed E-state index contributed by atoms with van der Waals surface area (Å²) in [7, 11) is 0. The molecule has 0 aliphatic carbocycles. The Morgan fingerprint density at radius 1 is 1.16 bits per heavy atom. The van der Waals surface area contributed by atoms with Crippen LogP contribution in [0.5, 0.6) is 0 Å². The van der Waals surface area contributed by atoms with E-state index in [1.54, 1.807) is 0 Å². The van der Waals surface area contributed by atoms with Crippen LogP contribution in [0.1, 0.15) is 63.6 Å². The van der Waals surface area contributed by atoms with Crippen LogP contribution in [0.3, 0.4) is 0 Å². The first kappa shape index (κ1) is 26.9. The molecule has 0 aliphatic rings. The number of guanidine groups is 1. The third-order valence-electron chi connectivity index (χ3n) is 4.61. The maximum Gasteiger partial charge on any atom is 0.224 e. The third-order valence-corrected chi connectivity index (χ3v) is 4.61. The lowest BCUT2D eigenvalue weighted by molar-refractivity contribution is -0.116. The second kappa shape index (κ2) is 14.1. The fraction of sp³-hybridized carbons (Fsp3) is 0.522. The quantitative estimate of drug-likeness (QED) is 0.231. The van der Waals surface area contributed by atoms with Crippen LogP contribution >= 0.6 is 24.0 Å². The first-order valence-electron chi connectivity index (χ1n) is 10.8. The normalized spacial score (nSPS) is 11.2. The standard InChI is InChI=1S/C23H35N5O2.HI/c1-6-20-19(21(7-2)30-28-20)15-26-23(24-8-3)25-14-17-10-9-11-18(13-17)27-22(29)12-16(4)5;/h9-11,13,16H,6-8,12,14-15H2,1-5H3,(H,27,29)(H2,24,25,26);1H. The summed E-state index contributed by atoms with van der Waals surface area (Å²) in [6.07, 6.45) is 2.16. The van der Waals surface area contributed by atoms with Gasteiger partial charge in [0, 0.05) is 37.2 Å². The number of carbonyl (C=O) groups is 1. The average molecular weight is 541 g/mol. The Labute approximate surface area is 202 Å². The van der Waals surface area contributed by atoms with E-state index < -0.39 is 0 Å². The number of carbonyl (C=O) groups excluding carboxylic acids is 1. The minimum Gasteiger partial charge on any atom is -0.361 e. The highest BCUT2D eigenvalue weighted by Gasteiger charge is 2.13. The number of anilines is 1. The molecule has 0 radical (unpaired) electrons. The number of amides is 1. The number of halogens is 1. The molecule has 8 heteroatoms. The first-order valence-corrected chi connectivity index (χ1v) is 10.8. The van der Waals surface area contributed by atoms with Gasteiger partial charge in [0.2, 0.25) is 5.91 Å². The number of nitrogens with zero attached hydrogens (tertiary/aromatic N) is 2. The highest BCUT2D eigenvalue weighted by atomic mass is 127. The summed E-state index contributed by atoms with van der Waals surface area (Å²) < 4.78 is 5.44. The van der Waals surface area contributed by atoms with Crippen LogP contribution in [-0.2, 0) is 30.7 Å². The van der Waals surface area contributed by atoms with E-state index in [1.165, 1.54) is 0 Å². The van der Waals surface area contributed by atoms with Crippen molar-refractivity contribution in [3.8, 4) is 0 Å². The summed E-state index contributed by atoms with van der Waals surface area (Å²) in [6, 6.07) is 7.82. The average Bonchev–Trinajstić information content (AvgIpc) is 3.11. The maximum absolute atomic E-state index is 12.0. The number of rotatable bonds is 10. The Morgan fingerprint density at radius 3 is 2.58 bits per heavy atom. The van der Waals surface area contributed by atoms with Gasteiger partial charge < -0.3 is 20.5 Å². The van der Waals surface area contributed by atoms with Gasteiger partial charge in [0.1, 0.15) is 5.76 Å². The number of aryl methyl sites for hydroxylation is 2. The molecule has 31 heavy (non-hydrogen) atoms. The molecule has 1 aromatic carbocycles. The molecule has 1 heterocycles. The van der Waals surface area contributed by atoms with Gasteiger partial charge in [-0.15, -0.1) is 24.0 Å². The lowest BCUT2D eigenvalue weighted by Gasteiger charge is -2.12. The minimum absolute atomic E-state index is 0. The lowest BCUT2D eigenvalue weighted by atomic mass is 10.1. The molecule has 1 aromatic heterocycles. The van der Waals surface area contributed by atoms with Crippen LogP contribution < -0.4 is 16.0 Å². The summed E-state index contributed by atoms with van der Waals surface area (Å²) in [5.74, 6) is 2.02. The number of hydrogen-bond acceptors (Lipinski definition) is 4. The molecule has 0 bridgehead atoms. The van der Waals surface area contributed by atoms with Crippen LogP contribution in [0.2, 0.25) is 0 Å². The SMILES string of the molecule is CCNC(=NCc1cccc(NC(=O)CC(C)C)c1)NCc1c(CC)noc1CC.I. The molecule has 0 unspecified atom stereocenters. The number of hydrogen-bond donors (Lipinski definition) is 3. The predicted molar refractivity (Wildman–Crippen MR) is 137 cm³/mol. The summed E-state index contributed by atoms with van der Waals surface area (Å²) in [5, 5.41) is 13.8. The van der Waals surface area contributed by atoms with Crippen LogP contribution in [0.4, 0.5) is 5.69 Å². The summed E-state index contributed by atoms with van der Waals surface area (Å²) >= 11 is 0. The molecular weight excluding hydrogens is 505 g/mol. The fourth-order valence-electron chi connectivity index (χ4n) is 3.15. The largest absolute Gasteiger partial charge is 0.361 e. The van der Waals surface area contributed by atoms with E-state index in [2.05, 4.69) is 35.0 Å². The summed E-state index contributed by atoms with van der Waals surface area (Å²) in [6.45, 7) is 12.1. The predicted octanol–water partition coefficient (Wildman–Crippen LogP) is 4.66. The minimum atomic E-state index is 0. The van der Waals surface area contributed by atoms with E-state index in [0.29, 0.717) is 25.4 Å². The summed E-state index contributed by atoms with van der Waals surface area (Å²) in [4.78, 5) is 16.7. The van der Waals surface area contributed by atoms with E-state index in [4.69, 9.17) is 9.52 Å². The zero-order chi connectivity index (χ0) is 21.9. The van der Waals surface area contributed by atoms with Gasteiger partial charge in [0.25, 0.3) is 0 Å².